The Labute approximate surface area is 250 Å². The summed E-state index contributed by atoms with van der Waals surface area (Å²) in [5.74, 6) is 2.61. The van der Waals surface area contributed by atoms with Crippen LogP contribution in [0, 0.1) is 5.53 Å². The third-order valence-electron chi connectivity index (χ3n) is 9.61. The van der Waals surface area contributed by atoms with Crippen LogP contribution in [-0.4, -0.2) is 36.4 Å². The predicted molar refractivity (Wildman–Crippen MR) is 168 cm³/mol. The summed E-state index contributed by atoms with van der Waals surface area (Å²) in [6, 6.07) is 34.7. The molecular formula is C37H29N5O. The van der Waals surface area contributed by atoms with E-state index < -0.39 is 0 Å². The van der Waals surface area contributed by atoms with Gasteiger partial charge in [-0.2, -0.15) is 0 Å². The Balaban J connectivity index is 1.13. The number of nitrogens with zero attached hydrogens (tertiary/aromatic N) is 3. The van der Waals surface area contributed by atoms with Gasteiger partial charge in [-0.15, -0.1) is 5.11 Å². The molecule has 0 saturated carbocycles. The normalized spacial score (nSPS) is 24.0. The third kappa shape index (κ3) is 3.53. The van der Waals surface area contributed by atoms with Crippen molar-refractivity contribution in [1.82, 2.24) is 10.2 Å². The largest absolute Gasteiger partial charge is 0.460 e. The first-order chi connectivity index (χ1) is 21.3. The Morgan fingerprint density at radius 2 is 1.67 bits per heavy atom. The van der Waals surface area contributed by atoms with Crippen LogP contribution in [0.5, 0.6) is 0 Å². The topological polar surface area (TPSA) is 72.8 Å². The van der Waals surface area contributed by atoms with Gasteiger partial charge in [0, 0.05) is 42.5 Å². The first-order valence-corrected chi connectivity index (χ1v) is 14.9. The Morgan fingerprint density at radius 1 is 0.884 bits per heavy atom. The van der Waals surface area contributed by atoms with Crippen molar-refractivity contribution in [2.24, 2.45) is 10.1 Å². The van der Waals surface area contributed by atoms with Gasteiger partial charge in [-0.3, -0.25) is 9.89 Å². The van der Waals surface area contributed by atoms with E-state index in [2.05, 4.69) is 93.1 Å². The molecule has 1 fully saturated rings. The third-order valence-corrected chi connectivity index (χ3v) is 9.61. The predicted octanol–water partition coefficient (Wildman–Crippen LogP) is 6.95. The summed E-state index contributed by atoms with van der Waals surface area (Å²) in [6.45, 7) is 3.27. The molecule has 0 amide bonds. The van der Waals surface area contributed by atoms with Crippen molar-refractivity contribution in [1.29, 1.82) is 5.53 Å². The summed E-state index contributed by atoms with van der Waals surface area (Å²) >= 11 is 0. The summed E-state index contributed by atoms with van der Waals surface area (Å²) in [6.07, 6.45) is 4.13. The van der Waals surface area contributed by atoms with Crippen LogP contribution in [0.25, 0.3) is 22.3 Å². The quantitative estimate of drug-likeness (QED) is 0.123. The lowest BCUT2D eigenvalue weighted by Crippen LogP contribution is -2.41. The maximum atomic E-state index is 7.59. The standard InChI is InChI=1S/C37H29N5O/c38-41-36(25-6-2-1-3-7-25)40-19-23-10-12-24(13-11-23)26-14-15-28-27-8-4-5-9-29(27)37(30(28)18-26)31-20-39-17-16-34(31)43-35-32(37)21-42-22-33(35)42/h1-18,33,38-39H,19-22H2/b40-36-,41-38?. The number of dihydropyridines is 1. The van der Waals surface area contributed by atoms with Gasteiger partial charge in [0.2, 0.25) is 0 Å². The molecule has 3 atom stereocenters. The van der Waals surface area contributed by atoms with Gasteiger partial charge in [0.15, 0.2) is 5.84 Å². The molecule has 3 unspecified atom stereocenters. The van der Waals surface area contributed by atoms with Crippen molar-refractivity contribution in [2.75, 3.05) is 19.6 Å². The van der Waals surface area contributed by atoms with Crippen molar-refractivity contribution < 1.29 is 4.74 Å². The zero-order valence-corrected chi connectivity index (χ0v) is 23.5. The van der Waals surface area contributed by atoms with Crippen LogP contribution in [0.2, 0.25) is 0 Å². The molecule has 1 spiro atoms. The highest BCUT2D eigenvalue weighted by Gasteiger charge is 2.60. The minimum atomic E-state index is -0.335. The van der Waals surface area contributed by atoms with Crippen molar-refractivity contribution in [3.05, 3.63) is 154 Å². The number of ether oxygens (including phenoxy) is 1. The number of fused-ring (bicyclic) bond motifs is 9. The fraction of sp³-hybridized carbons (Fsp3) is 0.162. The monoisotopic (exact) mass is 559 g/mol. The van der Waals surface area contributed by atoms with Gasteiger partial charge < -0.3 is 10.1 Å². The summed E-state index contributed by atoms with van der Waals surface area (Å²) < 4.78 is 6.65. The van der Waals surface area contributed by atoms with Gasteiger partial charge in [-0.1, -0.05) is 91.0 Å². The lowest BCUT2D eigenvalue weighted by Gasteiger charge is -2.42. The van der Waals surface area contributed by atoms with Crippen LogP contribution >= 0.6 is 0 Å². The minimum Gasteiger partial charge on any atom is -0.460 e. The number of amidine groups is 1. The Hall–Kier alpha value is -5.07. The fourth-order valence-electron chi connectivity index (χ4n) is 7.57. The number of hydrogen-bond donors (Lipinski definition) is 2. The first-order valence-electron chi connectivity index (χ1n) is 14.9. The van der Waals surface area contributed by atoms with Crippen LogP contribution in [0.4, 0.5) is 0 Å². The van der Waals surface area contributed by atoms with E-state index in [1.807, 2.05) is 36.5 Å². The molecule has 4 aromatic rings. The van der Waals surface area contributed by atoms with Gasteiger partial charge in [-0.25, -0.2) is 5.53 Å². The molecule has 1 saturated heterocycles. The number of aliphatic imine (C=N–C) groups is 1. The maximum absolute atomic E-state index is 7.59. The van der Waals surface area contributed by atoms with E-state index in [0.717, 1.165) is 42.3 Å². The molecule has 1 aliphatic carbocycles. The van der Waals surface area contributed by atoms with Crippen molar-refractivity contribution in [3.8, 4) is 22.3 Å². The van der Waals surface area contributed by atoms with Gasteiger partial charge >= 0.3 is 0 Å². The zero-order chi connectivity index (χ0) is 28.5. The highest BCUT2D eigenvalue weighted by Crippen LogP contribution is 2.63. The molecule has 6 nitrogen and oxygen atoms in total. The van der Waals surface area contributed by atoms with Gasteiger partial charge in [-0.05, 0) is 51.1 Å². The van der Waals surface area contributed by atoms with E-state index in [4.69, 9.17) is 10.3 Å². The summed E-state index contributed by atoms with van der Waals surface area (Å²) in [4.78, 5) is 7.13. The smallest absolute Gasteiger partial charge is 0.176 e. The summed E-state index contributed by atoms with van der Waals surface area (Å²) in [5.41, 5.74) is 19.6. The second-order valence-corrected chi connectivity index (χ2v) is 11.8. The fourth-order valence-corrected chi connectivity index (χ4v) is 7.57. The zero-order valence-electron chi connectivity index (χ0n) is 23.5. The molecule has 4 aromatic carbocycles. The summed E-state index contributed by atoms with van der Waals surface area (Å²) in [5, 5.41) is 7.16. The highest BCUT2D eigenvalue weighted by molar-refractivity contribution is 5.98. The second kappa shape index (κ2) is 9.21. The molecule has 0 radical (unpaired) electrons. The number of hydrogen-bond acceptors (Lipinski definition) is 5. The molecule has 6 heteroatoms. The van der Waals surface area contributed by atoms with Gasteiger partial charge in [0.05, 0.1) is 18.0 Å². The van der Waals surface area contributed by atoms with Crippen LogP contribution in [0.3, 0.4) is 0 Å². The van der Waals surface area contributed by atoms with E-state index in [0.29, 0.717) is 18.4 Å². The number of nitrogens with one attached hydrogen (secondary N) is 2. The number of benzene rings is 4. The van der Waals surface area contributed by atoms with E-state index in [-0.39, 0.29) is 5.41 Å². The van der Waals surface area contributed by atoms with Crippen LogP contribution < -0.4 is 5.32 Å². The molecule has 43 heavy (non-hydrogen) atoms. The average molecular weight is 560 g/mol. The average Bonchev–Trinajstić information content (AvgIpc) is 3.67. The number of rotatable bonds is 4. The molecule has 0 bridgehead atoms. The van der Waals surface area contributed by atoms with E-state index in [9.17, 15) is 0 Å². The van der Waals surface area contributed by atoms with E-state index in [1.165, 1.54) is 44.5 Å². The lowest BCUT2D eigenvalue weighted by atomic mass is 9.64. The number of allylic oxidation sites excluding steroid dienone is 1. The Morgan fingerprint density at radius 3 is 2.53 bits per heavy atom. The Bertz CT molecular complexity index is 1950. The SMILES string of the molecule is N=N/C(=N\Cc1ccc(-c2ccc3c(c2)C2(C4=C(C=CNC4)OC4=C2CN2CC42)c2ccccc2-3)cc1)c1ccccc1. The van der Waals surface area contributed by atoms with Gasteiger partial charge in [0.25, 0.3) is 0 Å². The maximum Gasteiger partial charge on any atom is 0.176 e. The molecule has 9 rings (SSSR count). The Kier molecular flexibility index (Phi) is 5.25. The highest BCUT2D eigenvalue weighted by atomic mass is 16.5. The van der Waals surface area contributed by atoms with Crippen LogP contribution in [0.15, 0.2) is 142 Å². The van der Waals surface area contributed by atoms with E-state index in [1.54, 1.807) is 0 Å². The molecule has 208 valence electrons. The van der Waals surface area contributed by atoms with Crippen LogP contribution in [0.1, 0.15) is 22.3 Å². The summed E-state index contributed by atoms with van der Waals surface area (Å²) in [7, 11) is 0. The first kappa shape index (κ1) is 24.5. The van der Waals surface area contributed by atoms with Gasteiger partial charge in [0.1, 0.15) is 11.5 Å². The lowest BCUT2D eigenvalue weighted by molar-refractivity contribution is 0.277. The van der Waals surface area contributed by atoms with Crippen LogP contribution in [-0.2, 0) is 16.7 Å². The molecule has 0 aromatic heterocycles. The molecular weight excluding hydrogens is 530 g/mol. The second-order valence-electron chi connectivity index (χ2n) is 11.8. The van der Waals surface area contributed by atoms with E-state index >= 15 is 0 Å². The molecule has 2 N–H and O–H groups in total. The van der Waals surface area contributed by atoms with Crippen molar-refractivity contribution in [3.63, 3.8) is 0 Å². The van der Waals surface area contributed by atoms with Crippen molar-refractivity contribution in [2.45, 2.75) is 18.0 Å². The van der Waals surface area contributed by atoms with Crippen molar-refractivity contribution >= 4 is 5.84 Å². The minimum absolute atomic E-state index is 0.335. The molecule has 5 aliphatic rings. The molecule has 4 heterocycles. The molecule has 4 aliphatic heterocycles.